The Kier molecular flexibility index (Phi) is 5.13. The fourth-order valence-corrected chi connectivity index (χ4v) is 4.14. The van der Waals surface area contributed by atoms with Crippen LogP contribution in [0.4, 0.5) is 23.4 Å². The Bertz CT molecular complexity index is 1330. The summed E-state index contributed by atoms with van der Waals surface area (Å²) in [6, 6.07) is 3.05. The standard InChI is InChI=1S/C20H15ClF4N6O/c1-9-7-10(27)29-16(13(9)20(23,24)25)11-14(21)17-12-18(15(11)22)32-6-5-30(2)19(12)31(4-3-26)8-28-17/h5-7H,4,8H2,1-2H3,(H2,27,29). The van der Waals surface area contributed by atoms with Gasteiger partial charge in [-0.25, -0.2) is 9.37 Å². The number of aryl methyl sites for hydroxylation is 1. The number of hydrogen-bond acceptors (Lipinski definition) is 7. The number of aromatic nitrogens is 1. The Labute approximate surface area is 184 Å². The highest BCUT2D eigenvalue weighted by Gasteiger charge is 2.39. The molecule has 0 aliphatic carbocycles. The number of pyridine rings is 1. The predicted molar refractivity (Wildman–Crippen MR) is 108 cm³/mol. The van der Waals surface area contributed by atoms with E-state index >= 15 is 4.39 Å². The molecule has 0 saturated heterocycles. The normalized spacial score (nSPS) is 15.0. The van der Waals surface area contributed by atoms with Crippen molar-refractivity contribution >= 4 is 23.2 Å². The van der Waals surface area contributed by atoms with Gasteiger partial charge in [0.05, 0.1) is 38.5 Å². The third-order valence-electron chi connectivity index (χ3n) is 5.06. The van der Waals surface area contributed by atoms with Crippen LogP contribution in [0.1, 0.15) is 11.1 Å². The quantitative estimate of drug-likeness (QED) is 0.540. The number of ether oxygens (including phenoxy) is 1. The number of nitriles is 1. The van der Waals surface area contributed by atoms with Crippen LogP contribution >= 0.6 is 11.6 Å². The summed E-state index contributed by atoms with van der Waals surface area (Å²) in [5.74, 6) is -1.38. The van der Waals surface area contributed by atoms with E-state index in [1.165, 1.54) is 19.4 Å². The lowest BCUT2D eigenvalue weighted by atomic mass is 9.98. The van der Waals surface area contributed by atoms with Crippen LogP contribution in [-0.4, -0.2) is 35.0 Å². The topological polar surface area (TPSA) is 90.8 Å². The second-order valence-electron chi connectivity index (χ2n) is 7.13. The summed E-state index contributed by atoms with van der Waals surface area (Å²) in [5.41, 5.74) is 2.93. The van der Waals surface area contributed by atoms with E-state index in [1.807, 2.05) is 6.07 Å². The fourth-order valence-electron chi connectivity index (χ4n) is 3.82. The van der Waals surface area contributed by atoms with Gasteiger partial charge in [0.15, 0.2) is 11.6 Å². The largest absolute Gasteiger partial charge is 0.459 e. The molecule has 4 rings (SSSR count). The second-order valence-corrected chi connectivity index (χ2v) is 7.51. The van der Waals surface area contributed by atoms with Crippen LogP contribution in [0.25, 0.3) is 17.1 Å². The SMILES string of the molecule is Cc1cc(N)nc(-c2c(F)c3c4c(c2Cl)=NCN(CC#N)C=4N(C)C=CO3)c1C(F)(F)F. The van der Waals surface area contributed by atoms with Crippen molar-refractivity contribution in [2.24, 2.45) is 4.99 Å². The lowest BCUT2D eigenvalue weighted by molar-refractivity contribution is -0.137. The van der Waals surface area contributed by atoms with E-state index in [-0.39, 0.29) is 45.9 Å². The zero-order chi connectivity index (χ0) is 23.4. The van der Waals surface area contributed by atoms with Gasteiger partial charge in [-0.2, -0.15) is 18.4 Å². The number of benzene rings is 1. The van der Waals surface area contributed by atoms with Crippen molar-refractivity contribution in [3.05, 3.63) is 51.1 Å². The molecule has 0 amide bonds. The Hall–Kier alpha value is -3.52. The number of nitrogens with two attached hydrogens (primary N) is 1. The zero-order valence-electron chi connectivity index (χ0n) is 16.8. The Morgan fingerprint density at radius 2 is 2.09 bits per heavy atom. The first kappa shape index (κ1) is 21.7. The van der Waals surface area contributed by atoms with Gasteiger partial charge in [0.2, 0.25) is 0 Å². The van der Waals surface area contributed by atoms with Crippen LogP contribution < -0.4 is 21.0 Å². The summed E-state index contributed by atoms with van der Waals surface area (Å²) >= 11 is 6.46. The molecule has 166 valence electrons. The number of anilines is 1. The van der Waals surface area contributed by atoms with Gasteiger partial charge >= 0.3 is 6.18 Å². The molecule has 0 bridgehead atoms. The average molecular weight is 467 g/mol. The van der Waals surface area contributed by atoms with Crippen molar-refractivity contribution in [3.8, 4) is 23.1 Å². The minimum absolute atomic E-state index is 0.0200. The maximum absolute atomic E-state index is 15.8. The van der Waals surface area contributed by atoms with Gasteiger partial charge < -0.3 is 20.3 Å². The molecular weight excluding hydrogens is 452 g/mol. The van der Waals surface area contributed by atoms with E-state index in [2.05, 4.69) is 9.98 Å². The molecule has 2 N–H and O–H groups in total. The monoisotopic (exact) mass is 466 g/mol. The third-order valence-corrected chi connectivity index (χ3v) is 5.42. The highest BCUT2D eigenvalue weighted by Crippen LogP contribution is 2.42. The molecule has 2 aromatic rings. The van der Waals surface area contributed by atoms with Gasteiger partial charge in [0.1, 0.15) is 31.1 Å². The molecular formula is C20H15ClF4N6O. The van der Waals surface area contributed by atoms with Crippen molar-refractivity contribution < 1.29 is 22.3 Å². The first-order valence-corrected chi connectivity index (χ1v) is 9.56. The molecule has 2 aliphatic rings. The Morgan fingerprint density at radius 1 is 1.38 bits per heavy atom. The van der Waals surface area contributed by atoms with E-state index in [0.717, 1.165) is 6.07 Å². The summed E-state index contributed by atoms with van der Waals surface area (Å²) in [6.45, 7) is 1.12. The summed E-state index contributed by atoms with van der Waals surface area (Å²) in [7, 11) is 1.65. The minimum Gasteiger partial charge on any atom is -0.459 e. The van der Waals surface area contributed by atoms with Gasteiger partial charge in [-0.1, -0.05) is 11.6 Å². The number of nitrogens with zero attached hydrogens (tertiary/aromatic N) is 5. The van der Waals surface area contributed by atoms with Gasteiger partial charge in [-0.05, 0) is 18.6 Å². The maximum atomic E-state index is 15.8. The molecule has 7 nitrogen and oxygen atoms in total. The molecule has 32 heavy (non-hydrogen) atoms. The smallest absolute Gasteiger partial charge is 0.418 e. The fraction of sp³-hybridized carbons (Fsp3) is 0.250. The lowest BCUT2D eigenvalue weighted by Gasteiger charge is -2.30. The number of nitrogen functional groups attached to an aromatic ring is 1. The van der Waals surface area contributed by atoms with E-state index in [1.54, 1.807) is 16.8 Å². The van der Waals surface area contributed by atoms with Crippen molar-refractivity contribution in [2.75, 3.05) is 26.0 Å². The first-order chi connectivity index (χ1) is 15.1. The van der Waals surface area contributed by atoms with Crippen LogP contribution in [0.2, 0.25) is 5.02 Å². The van der Waals surface area contributed by atoms with Crippen LogP contribution in [0.15, 0.2) is 23.5 Å². The molecule has 2 aliphatic heterocycles. The highest BCUT2D eigenvalue weighted by atomic mass is 35.5. The van der Waals surface area contributed by atoms with Crippen molar-refractivity contribution in [1.29, 1.82) is 5.26 Å². The summed E-state index contributed by atoms with van der Waals surface area (Å²) in [6.07, 6.45) is -2.19. The maximum Gasteiger partial charge on any atom is 0.418 e. The molecule has 0 fully saturated rings. The molecule has 0 atom stereocenters. The molecule has 0 unspecified atom stereocenters. The Morgan fingerprint density at radius 3 is 2.75 bits per heavy atom. The summed E-state index contributed by atoms with van der Waals surface area (Å²) in [5, 5.41) is 8.94. The van der Waals surface area contributed by atoms with Crippen molar-refractivity contribution in [3.63, 3.8) is 0 Å². The average Bonchev–Trinajstić information content (AvgIpc) is 2.86. The summed E-state index contributed by atoms with van der Waals surface area (Å²) in [4.78, 5) is 11.2. The highest BCUT2D eigenvalue weighted by molar-refractivity contribution is 6.33. The van der Waals surface area contributed by atoms with Crippen molar-refractivity contribution in [1.82, 2.24) is 14.8 Å². The third kappa shape index (κ3) is 3.27. The van der Waals surface area contributed by atoms with Crippen LogP contribution in [0.3, 0.4) is 0 Å². The number of hydrogen-bond donors (Lipinski definition) is 1. The van der Waals surface area contributed by atoms with Crippen LogP contribution in [0, 0.1) is 24.1 Å². The van der Waals surface area contributed by atoms with Crippen LogP contribution in [-0.2, 0) is 6.18 Å². The molecule has 0 spiro atoms. The predicted octanol–water partition coefficient (Wildman–Crippen LogP) is 2.73. The van der Waals surface area contributed by atoms with Gasteiger partial charge in [-0.3, -0.25) is 4.99 Å². The van der Waals surface area contributed by atoms with Gasteiger partial charge in [-0.15, -0.1) is 0 Å². The second kappa shape index (κ2) is 7.56. The van der Waals surface area contributed by atoms with E-state index in [0.29, 0.717) is 5.82 Å². The molecule has 1 aromatic carbocycles. The molecule has 1 aromatic heterocycles. The lowest BCUT2D eigenvalue weighted by Crippen LogP contribution is -2.46. The molecule has 0 saturated carbocycles. The number of rotatable bonds is 2. The molecule has 0 radical (unpaired) electrons. The minimum atomic E-state index is -4.85. The van der Waals surface area contributed by atoms with E-state index in [9.17, 15) is 13.2 Å². The van der Waals surface area contributed by atoms with E-state index in [4.69, 9.17) is 27.3 Å². The zero-order valence-corrected chi connectivity index (χ0v) is 17.5. The van der Waals surface area contributed by atoms with Gasteiger partial charge in [0, 0.05) is 13.2 Å². The number of halogens is 5. The number of alkyl halides is 3. The first-order valence-electron chi connectivity index (χ1n) is 9.18. The van der Waals surface area contributed by atoms with Crippen LogP contribution in [0.5, 0.6) is 5.75 Å². The summed E-state index contributed by atoms with van der Waals surface area (Å²) < 4.78 is 62.9. The van der Waals surface area contributed by atoms with Gasteiger partial charge in [0.25, 0.3) is 0 Å². The molecule has 12 heteroatoms. The molecule has 3 heterocycles. The van der Waals surface area contributed by atoms with E-state index < -0.39 is 28.8 Å². The van der Waals surface area contributed by atoms with Crippen molar-refractivity contribution in [2.45, 2.75) is 13.1 Å². The Balaban J connectivity index is 2.18.